The standard InChI is InChI=1S/C13H12N4O3/c1-7-5-16-11(6-15-7)12(18)17-10-3-2-8(13(19)20)4-9(10)14/h2-6H,14H2,1H3,(H,17,18)(H,19,20). The van der Waals surface area contributed by atoms with Gasteiger partial charge in [-0.3, -0.25) is 9.78 Å². The zero-order chi connectivity index (χ0) is 14.7. The third kappa shape index (κ3) is 2.89. The second-order valence-corrected chi connectivity index (χ2v) is 4.10. The molecule has 0 aliphatic carbocycles. The lowest BCUT2D eigenvalue weighted by molar-refractivity contribution is 0.0697. The van der Waals surface area contributed by atoms with Crippen molar-refractivity contribution in [3.63, 3.8) is 0 Å². The molecule has 7 heteroatoms. The van der Waals surface area contributed by atoms with Gasteiger partial charge in [0.2, 0.25) is 0 Å². The van der Waals surface area contributed by atoms with Crippen molar-refractivity contribution in [3.8, 4) is 0 Å². The number of nitrogens with two attached hydrogens (primary N) is 1. The number of aromatic carboxylic acids is 1. The number of amides is 1. The first-order valence-corrected chi connectivity index (χ1v) is 5.70. The first-order valence-electron chi connectivity index (χ1n) is 5.70. The van der Waals surface area contributed by atoms with E-state index in [0.29, 0.717) is 11.4 Å². The van der Waals surface area contributed by atoms with Gasteiger partial charge in [-0.05, 0) is 25.1 Å². The van der Waals surface area contributed by atoms with Crippen molar-refractivity contribution in [1.82, 2.24) is 9.97 Å². The summed E-state index contributed by atoms with van der Waals surface area (Å²) in [6, 6.07) is 4.06. The Morgan fingerprint density at radius 3 is 2.55 bits per heavy atom. The van der Waals surface area contributed by atoms with Crippen LogP contribution in [0.25, 0.3) is 0 Å². The Kier molecular flexibility index (Phi) is 3.60. The van der Waals surface area contributed by atoms with Gasteiger partial charge in [-0.15, -0.1) is 0 Å². The molecule has 0 bridgehead atoms. The van der Waals surface area contributed by atoms with Crippen molar-refractivity contribution in [3.05, 3.63) is 47.5 Å². The Bertz CT molecular complexity index is 668. The number of hydrogen-bond donors (Lipinski definition) is 3. The number of hydrogen-bond acceptors (Lipinski definition) is 5. The van der Waals surface area contributed by atoms with Gasteiger partial charge in [-0.25, -0.2) is 9.78 Å². The number of benzene rings is 1. The molecule has 1 aromatic carbocycles. The average Bonchev–Trinajstić information content (AvgIpc) is 2.41. The summed E-state index contributed by atoms with van der Waals surface area (Å²) in [4.78, 5) is 30.6. The number of anilines is 2. The van der Waals surface area contributed by atoms with Crippen LogP contribution in [-0.2, 0) is 0 Å². The molecule has 0 unspecified atom stereocenters. The van der Waals surface area contributed by atoms with E-state index in [4.69, 9.17) is 10.8 Å². The second-order valence-electron chi connectivity index (χ2n) is 4.10. The average molecular weight is 272 g/mol. The van der Waals surface area contributed by atoms with E-state index in [1.54, 1.807) is 6.92 Å². The third-order valence-corrected chi connectivity index (χ3v) is 2.56. The fraction of sp³-hybridized carbons (Fsp3) is 0.0769. The Labute approximate surface area is 114 Å². The van der Waals surface area contributed by atoms with Gasteiger partial charge in [0.1, 0.15) is 5.69 Å². The van der Waals surface area contributed by atoms with Crippen LogP contribution in [0.15, 0.2) is 30.6 Å². The van der Waals surface area contributed by atoms with Gasteiger partial charge in [0, 0.05) is 6.20 Å². The number of carboxylic acid groups (broad SMARTS) is 1. The molecule has 7 nitrogen and oxygen atoms in total. The minimum atomic E-state index is -1.08. The van der Waals surface area contributed by atoms with Crippen molar-refractivity contribution >= 4 is 23.3 Å². The van der Waals surface area contributed by atoms with Crippen LogP contribution < -0.4 is 11.1 Å². The number of nitrogen functional groups attached to an aromatic ring is 1. The molecule has 0 atom stereocenters. The highest BCUT2D eigenvalue weighted by molar-refractivity contribution is 6.04. The highest BCUT2D eigenvalue weighted by Gasteiger charge is 2.11. The summed E-state index contributed by atoms with van der Waals surface area (Å²) in [7, 11) is 0. The SMILES string of the molecule is Cc1cnc(C(=O)Nc2ccc(C(=O)O)cc2N)cn1. The molecule has 0 radical (unpaired) electrons. The number of aromatic nitrogens is 2. The molecule has 20 heavy (non-hydrogen) atoms. The largest absolute Gasteiger partial charge is 0.478 e. The van der Waals surface area contributed by atoms with E-state index >= 15 is 0 Å². The monoisotopic (exact) mass is 272 g/mol. The lowest BCUT2D eigenvalue weighted by Gasteiger charge is -2.08. The normalized spacial score (nSPS) is 10.1. The molecule has 0 fully saturated rings. The molecular weight excluding hydrogens is 260 g/mol. The molecular formula is C13H12N4O3. The molecule has 0 spiro atoms. The number of carbonyl (C=O) groups excluding carboxylic acids is 1. The minimum absolute atomic E-state index is 0.0515. The maximum absolute atomic E-state index is 11.9. The number of rotatable bonds is 3. The van der Waals surface area contributed by atoms with Crippen LogP contribution in [0.4, 0.5) is 11.4 Å². The minimum Gasteiger partial charge on any atom is -0.478 e. The zero-order valence-corrected chi connectivity index (χ0v) is 10.6. The maximum atomic E-state index is 11.9. The van der Waals surface area contributed by atoms with Crippen molar-refractivity contribution in [2.75, 3.05) is 11.1 Å². The number of carbonyl (C=O) groups is 2. The quantitative estimate of drug-likeness (QED) is 0.725. The van der Waals surface area contributed by atoms with Gasteiger partial charge in [0.05, 0.1) is 28.8 Å². The molecule has 1 heterocycles. The number of nitrogens with one attached hydrogen (secondary N) is 1. The Balaban J connectivity index is 2.19. The van der Waals surface area contributed by atoms with E-state index < -0.39 is 11.9 Å². The van der Waals surface area contributed by atoms with E-state index in [1.165, 1.54) is 30.6 Å². The highest BCUT2D eigenvalue weighted by atomic mass is 16.4. The highest BCUT2D eigenvalue weighted by Crippen LogP contribution is 2.20. The first kappa shape index (κ1) is 13.5. The van der Waals surface area contributed by atoms with Crippen molar-refractivity contribution in [1.29, 1.82) is 0 Å². The summed E-state index contributed by atoms with van der Waals surface area (Å²) in [5.74, 6) is -1.55. The summed E-state index contributed by atoms with van der Waals surface area (Å²) in [6.07, 6.45) is 2.83. The van der Waals surface area contributed by atoms with Gasteiger partial charge in [0.15, 0.2) is 0 Å². The number of nitrogens with zero attached hydrogens (tertiary/aromatic N) is 2. The smallest absolute Gasteiger partial charge is 0.335 e. The van der Waals surface area contributed by atoms with Crippen molar-refractivity contribution in [2.45, 2.75) is 6.92 Å². The molecule has 0 aliphatic rings. The predicted molar refractivity (Wildman–Crippen MR) is 72.5 cm³/mol. The molecule has 1 aromatic heterocycles. The van der Waals surface area contributed by atoms with Gasteiger partial charge in [0.25, 0.3) is 5.91 Å². The summed E-state index contributed by atoms with van der Waals surface area (Å²) in [5, 5.41) is 11.4. The summed E-state index contributed by atoms with van der Waals surface area (Å²) >= 11 is 0. The van der Waals surface area contributed by atoms with Gasteiger partial charge in [-0.2, -0.15) is 0 Å². The zero-order valence-electron chi connectivity index (χ0n) is 10.6. The third-order valence-electron chi connectivity index (χ3n) is 2.56. The number of aryl methyl sites for hydroxylation is 1. The molecule has 2 aromatic rings. The van der Waals surface area contributed by atoms with Crippen LogP contribution in [0.1, 0.15) is 26.5 Å². The van der Waals surface area contributed by atoms with Crippen LogP contribution >= 0.6 is 0 Å². The fourth-order valence-corrected chi connectivity index (χ4v) is 1.51. The van der Waals surface area contributed by atoms with Crippen LogP contribution in [0, 0.1) is 6.92 Å². The van der Waals surface area contributed by atoms with Crippen LogP contribution in [0.2, 0.25) is 0 Å². The van der Waals surface area contributed by atoms with Crippen molar-refractivity contribution < 1.29 is 14.7 Å². The topological polar surface area (TPSA) is 118 Å². The van der Waals surface area contributed by atoms with Gasteiger partial charge < -0.3 is 16.2 Å². The summed E-state index contributed by atoms with van der Waals surface area (Å²) in [6.45, 7) is 1.76. The summed E-state index contributed by atoms with van der Waals surface area (Å²) in [5.41, 5.74) is 7.08. The molecule has 1 amide bonds. The van der Waals surface area contributed by atoms with Gasteiger partial charge >= 0.3 is 5.97 Å². The van der Waals surface area contributed by atoms with Crippen LogP contribution in [0.5, 0.6) is 0 Å². The van der Waals surface area contributed by atoms with Crippen LogP contribution in [-0.4, -0.2) is 27.0 Å². The molecule has 2 rings (SSSR count). The van der Waals surface area contributed by atoms with Crippen molar-refractivity contribution in [2.24, 2.45) is 0 Å². The predicted octanol–water partition coefficient (Wildman–Crippen LogP) is 1.32. The summed E-state index contributed by atoms with van der Waals surface area (Å²) < 4.78 is 0. The number of carboxylic acids is 1. The van der Waals surface area contributed by atoms with E-state index in [-0.39, 0.29) is 16.9 Å². The lowest BCUT2D eigenvalue weighted by atomic mass is 10.1. The van der Waals surface area contributed by atoms with E-state index in [2.05, 4.69) is 15.3 Å². The molecule has 0 saturated heterocycles. The Morgan fingerprint density at radius 2 is 2.00 bits per heavy atom. The Morgan fingerprint density at radius 1 is 1.25 bits per heavy atom. The van der Waals surface area contributed by atoms with E-state index in [9.17, 15) is 9.59 Å². The van der Waals surface area contributed by atoms with Crippen LogP contribution in [0.3, 0.4) is 0 Å². The molecule has 102 valence electrons. The Hall–Kier alpha value is -2.96. The van der Waals surface area contributed by atoms with Gasteiger partial charge in [-0.1, -0.05) is 0 Å². The second kappa shape index (κ2) is 5.35. The van der Waals surface area contributed by atoms with E-state index in [0.717, 1.165) is 0 Å². The fourth-order valence-electron chi connectivity index (χ4n) is 1.51. The molecule has 0 aliphatic heterocycles. The maximum Gasteiger partial charge on any atom is 0.335 e. The molecule has 0 saturated carbocycles. The lowest BCUT2D eigenvalue weighted by Crippen LogP contribution is -2.15. The first-order chi connectivity index (χ1) is 9.47. The van der Waals surface area contributed by atoms with E-state index in [1.807, 2.05) is 0 Å². The molecule has 4 N–H and O–H groups in total.